The fourth-order valence-electron chi connectivity index (χ4n) is 3.62. The van der Waals surface area contributed by atoms with Crippen LogP contribution in [0.15, 0.2) is 71.8 Å². The van der Waals surface area contributed by atoms with E-state index in [1.165, 1.54) is 22.3 Å². The van der Waals surface area contributed by atoms with Gasteiger partial charge in [-0.1, -0.05) is 80.1 Å². The minimum Gasteiger partial charge on any atom is -0.365 e. The zero-order valence-corrected chi connectivity index (χ0v) is 14.5. The molecule has 4 unspecified atom stereocenters. The van der Waals surface area contributed by atoms with Gasteiger partial charge in [-0.25, -0.2) is 0 Å². The first kappa shape index (κ1) is 16.0. The van der Waals surface area contributed by atoms with Gasteiger partial charge in [0, 0.05) is 11.8 Å². The molecule has 2 aromatic carbocycles. The Kier molecular flexibility index (Phi) is 4.68. The van der Waals surface area contributed by atoms with Crippen LogP contribution >= 0.6 is 0 Å². The summed E-state index contributed by atoms with van der Waals surface area (Å²) in [6.07, 6.45) is 0.273. The number of rotatable bonds is 3. The van der Waals surface area contributed by atoms with Crippen molar-refractivity contribution in [2.45, 2.75) is 45.8 Å². The first-order valence-electron chi connectivity index (χ1n) is 8.52. The van der Waals surface area contributed by atoms with E-state index < -0.39 is 0 Å². The van der Waals surface area contributed by atoms with E-state index in [4.69, 9.17) is 4.74 Å². The molecule has 1 nitrogen and oxygen atoms in total. The molecule has 23 heavy (non-hydrogen) atoms. The summed E-state index contributed by atoms with van der Waals surface area (Å²) in [4.78, 5) is 0. The van der Waals surface area contributed by atoms with E-state index in [0.717, 1.165) is 0 Å². The Labute approximate surface area is 140 Å². The van der Waals surface area contributed by atoms with Crippen molar-refractivity contribution < 1.29 is 4.74 Å². The van der Waals surface area contributed by atoms with Gasteiger partial charge < -0.3 is 4.74 Å². The zero-order chi connectivity index (χ0) is 16.4. The lowest BCUT2D eigenvalue weighted by Crippen LogP contribution is -2.33. The summed E-state index contributed by atoms with van der Waals surface area (Å²) in [5.74, 6) is 0.765. The van der Waals surface area contributed by atoms with Crippen molar-refractivity contribution in [3.8, 4) is 0 Å². The van der Waals surface area contributed by atoms with Gasteiger partial charge in [0.05, 0.1) is 12.2 Å². The molecule has 2 aromatic rings. The quantitative estimate of drug-likeness (QED) is 0.641. The Balaban J connectivity index is 1.95. The van der Waals surface area contributed by atoms with Gasteiger partial charge in [-0.15, -0.1) is 0 Å². The molecule has 120 valence electrons. The van der Waals surface area contributed by atoms with Crippen LogP contribution in [-0.4, -0.2) is 6.10 Å². The number of hydrogen-bond acceptors (Lipinski definition) is 1. The Hall–Kier alpha value is -1.86. The van der Waals surface area contributed by atoms with Gasteiger partial charge in [-0.3, -0.25) is 0 Å². The predicted molar refractivity (Wildman–Crippen MR) is 96.5 cm³/mol. The van der Waals surface area contributed by atoms with E-state index in [1.54, 1.807) is 0 Å². The summed E-state index contributed by atoms with van der Waals surface area (Å²) >= 11 is 0. The normalized spacial score (nSPS) is 26.2. The Morgan fingerprint density at radius 3 is 2.00 bits per heavy atom. The molecule has 0 N–H and O–H groups in total. The molecule has 1 heteroatoms. The van der Waals surface area contributed by atoms with Crippen LogP contribution in [0.4, 0.5) is 0 Å². The second-order valence-corrected chi connectivity index (χ2v) is 6.74. The van der Waals surface area contributed by atoms with Gasteiger partial charge in [0.1, 0.15) is 0 Å². The minimum atomic E-state index is 0.135. The Bertz CT molecular complexity index is 672. The van der Waals surface area contributed by atoms with Crippen molar-refractivity contribution in [1.82, 2.24) is 0 Å². The maximum Gasteiger partial charge on any atom is 0.0895 e. The molecule has 0 bridgehead atoms. The smallest absolute Gasteiger partial charge is 0.0895 e. The van der Waals surface area contributed by atoms with Crippen LogP contribution in [0.2, 0.25) is 0 Å². The van der Waals surface area contributed by atoms with Crippen molar-refractivity contribution in [1.29, 1.82) is 0 Å². The van der Waals surface area contributed by atoms with Crippen LogP contribution in [0.5, 0.6) is 0 Å². The molecule has 1 aliphatic rings. The molecule has 0 saturated carbocycles. The SMILES string of the molecule is CC1=C(C)C(C(C)c2ccccc2)OC(c2ccccc2)C1C. The molecule has 0 amide bonds. The summed E-state index contributed by atoms with van der Waals surface area (Å²) in [6.45, 7) is 9.05. The van der Waals surface area contributed by atoms with Gasteiger partial charge in [-0.2, -0.15) is 0 Å². The third-order valence-corrected chi connectivity index (χ3v) is 5.39. The lowest BCUT2D eigenvalue weighted by molar-refractivity contribution is -0.0404. The third kappa shape index (κ3) is 3.11. The van der Waals surface area contributed by atoms with E-state index in [9.17, 15) is 0 Å². The highest BCUT2D eigenvalue weighted by molar-refractivity contribution is 5.31. The molecule has 0 saturated heterocycles. The Morgan fingerprint density at radius 2 is 1.39 bits per heavy atom. The molecule has 3 rings (SSSR count). The van der Waals surface area contributed by atoms with Crippen LogP contribution in [0, 0.1) is 5.92 Å². The van der Waals surface area contributed by atoms with Crippen LogP contribution in [0.1, 0.15) is 50.8 Å². The molecule has 0 spiro atoms. The van der Waals surface area contributed by atoms with Gasteiger partial charge >= 0.3 is 0 Å². The Morgan fingerprint density at radius 1 is 0.826 bits per heavy atom. The lowest BCUT2D eigenvalue weighted by atomic mass is 9.80. The molecule has 1 heterocycles. The lowest BCUT2D eigenvalue weighted by Gasteiger charge is -2.40. The highest BCUT2D eigenvalue weighted by Gasteiger charge is 2.35. The molecule has 1 aliphatic heterocycles. The van der Waals surface area contributed by atoms with Gasteiger partial charge in [-0.05, 0) is 30.5 Å². The highest BCUT2D eigenvalue weighted by Crippen LogP contribution is 2.43. The van der Waals surface area contributed by atoms with Crippen LogP contribution in [-0.2, 0) is 4.74 Å². The number of ether oxygens (including phenoxy) is 1. The topological polar surface area (TPSA) is 9.23 Å². The molecule has 4 atom stereocenters. The van der Waals surface area contributed by atoms with E-state index in [-0.39, 0.29) is 12.2 Å². The van der Waals surface area contributed by atoms with Crippen molar-refractivity contribution in [2.75, 3.05) is 0 Å². The second-order valence-electron chi connectivity index (χ2n) is 6.74. The van der Waals surface area contributed by atoms with Gasteiger partial charge in [0.2, 0.25) is 0 Å². The number of benzene rings is 2. The molecule has 0 fully saturated rings. The fraction of sp³-hybridized carbons (Fsp3) is 0.364. The van der Waals surface area contributed by atoms with Crippen LogP contribution in [0.3, 0.4) is 0 Å². The predicted octanol–water partition coefficient (Wildman–Crippen LogP) is 5.90. The molecular formula is C22H26O. The first-order chi connectivity index (χ1) is 11.1. The van der Waals surface area contributed by atoms with Crippen LogP contribution < -0.4 is 0 Å². The van der Waals surface area contributed by atoms with Crippen molar-refractivity contribution in [3.63, 3.8) is 0 Å². The standard InChI is InChI=1S/C22H26O/c1-15-16(2)21(18(4)19-11-7-5-8-12-19)23-22(17(15)3)20-13-9-6-10-14-20/h5-14,17-18,21-22H,1-4H3. The average molecular weight is 306 g/mol. The largest absolute Gasteiger partial charge is 0.365 e. The van der Waals surface area contributed by atoms with Gasteiger partial charge in [0.25, 0.3) is 0 Å². The van der Waals surface area contributed by atoms with E-state index >= 15 is 0 Å². The van der Waals surface area contributed by atoms with Crippen LogP contribution in [0.25, 0.3) is 0 Å². The van der Waals surface area contributed by atoms with Crippen molar-refractivity contribution >= 4 is 0 Å². The molecule has 0 radical (unpaired) electrons. The summed E-state index contributed by atoms with van der Waals surface area (Å²) in [5.41, 5.74) is 5.47. The van der Waals surface area contributed by atoms with Crippen molar-refractivity contribution in [2.24, 2.45) is 5.92 Å². The zero-order valence-electron chi connectivity index (χ0n) is 14.5. The average Bonchev–Trinajstić information content (AvgIpc) is 2.61. The molecule has 0 aliphatic carbocycles. The fourth-order valence-corrected chi connectivity index (χ4v) is 3.62. The summed E-state index contributed by atoms with van der Waals surface area (Å²) < 4.78 is 6.63. The maximum absolute atomic E-state index is 6.63. The van der Waals surface area contributed by atoms with Crippen molar-refractivity contribution in [3.05, 3.63) is 82.9 Å². The second kappa shape index (κ2) is 6.72. The summed E-state index contributed by atoms with van der Waals surface area (Å²) in [7, 11) is 0. The minimum absolute atomic E-state index is 0.135. The maximum atomic E-state index is 6.63. The molecular weight excluding hydrogens is 280 g/mol. The van der Waals surface area contributed by atoms with E-state index in [1.807, 2.05) is 0 Å². The summed E-state index contributed by atoms with van der Waals surface area (Å²) in [5, 5.41) is 0. The van der Waals surface area contributed by atoms with E-state index in [2.05, 4.69) is 88.4 Å². The van der Waals surface area contributed by atoms with Gasteiger partial charge in [0.15, 0.2) is 0 Å². The highest BCUT2D eigenvalue weighted by atomic mass is 16.5. The number of hydrogen-bond donors (Lipinski definition) is 0. The third-order valence-electron chi connectivity index (χ3n) is 5.39. The monoisotopic (exact) mass is 306 g/mol. The molecule has 0 aromatic heterocycles. The first-order valence-corrected chi connectivity index (χ1v) is 8.52. The van der Waals surface area contributed by atoms with E-state index in [0.29, 0.717) is 11.8 Å². The summed E-state index contributed by atoms with van der Waals surface area (Å²) in [6, 6.07) is 21.3.